The monoisotopic (exact) mass is 385 g/mol. The Morgan fingerprint density at radius 2 is 1.89 bits per heavy atom. The summed E-state index contributed by atoms with van der Waals surface area (Å²) in [4.78, 5) is 37.8. The summed E-state index contributed by atoms with van der Waals surface area (Å²) in [6.07, 6.45) is -4.58. The number of hydrogen-bond acceptors (Lipinski definition) is 3. The van der Waals surface area contributed by atoms with Gasteiger partial charge in [0, 0.05) is 6.04 Å². The predicted octanol–water partition coefficient (Wildman–Crippen LogP) is 2.63. The third-order valence-corrected chi connectivity index (χ3v) is 4.73. The Balaban J connectivity index is 2.23. The minimum absolute atomic E-state index is 0.00543. The first-order valence-electron chi connectivity index (χ1n) is 8.47. The van der Waals surface area contributed by atoms with Crippen LogP contribution in [-0.4, -0.2) is 35.3 Å². The Morgan fingerprint density at radius 3 is 2.44 bits per heavy atom. The molecular formula is C18H22F3N3O3. The molecule has 148 valence electrons. The van der Waals surface area contributed by atoms with Gasteiger partial charge in [0.2, 0.25) is 5.91 Å². The van der Waals surface area contributed by atoms with Gasteiger partial charge in [-0.25, -0.2) is 4.79 Å². The number of carbonyl (C=O) groups is 3. The molecule has 1 aliphatic heterocycles. The SMILES string of the molecule is CC(C)[C@H](C)NC(=O)CN1C(=O)N[C@@](C)(c2cccc(C(F)(F)F)c2)C1=O. The molecule has 1 heterocycles. The van der Waals surface area contributed by atoms with Gasteiger partial charge in [0.05, 0.1) is 5.56 Å². The molecule has 0 spiro atoms. The van der Waals surface area contributed by atoms with Crippen LogP contribution in [-0.2, 0) is 21.3 Å². The second-order valence-corrected chi connectivity index (χ2v) is 7.13. The smallest absolute Gasteiger partial charge is 0.352 e. The molecule has 1 aromatic carbocycles. The van der Waals surface area contributed by atoms with Crippen molar-refractivity contribution in [2.45, 2.75) is 45.5 Å². The van der Waals surface area contributed by atoms with Gasteiger partial charge in [-0.05, 0) is 37.5 Å². The van der Waals surface area contributed by atoms with Gasteiger partial charge in [-0.2, -0.15) is 13.2 Å². The molecule has 4 amide bonds. The number of imide groups is 1. The van der Waals surface area contributed by atoms with Crippen molar-refractivity contribution < 1.29 is 27.6 Å². The topological polar surface area (TPSA) is 78.5 Å². The van der Waals surface area contributed by atoms with E-state index >= 15 is 0 Å². The number of urea groups is 1. The van der Waals surface area contributed by atoms with Crippen molar-refractivity contribution in [1.82, 2.24) is 15.5 Å². The number of nitrogens with one attached hydrogen (secondary N) is 2. The molecule has 0 saturated carbocycles. The quantitative estimate of drug-likeness (QED) is 0.765. The summed E-state index contributed by atoms with van der Waals surface area (Å²) in [7, 11) is 0. The van der Waals surface area contributed by atoms with E-state index in [0.717, 1.165) is 12.1 Å². The van der Waals surface area contributed by atoms with Crippen LogP contribution in [0.15, 0.2) is 24.3 Å². The van der Waals surface area contributed by atoms with Crippen molar-refractivity contribution in [3.8, 4) is 0 Å². The second-order valence-electron chi connectivity index (χ2n) is 7.13. The Labute approximate surface area is 155 Å². The van der Waals surface area contributed by atoms with Gasteiger partial charge in [0.1, 0.15) is 12.1 Å². The first-order valence-corrected chi connectivity index (χ1v) is 8.47. The number of rotatable bonds is 5. The van der Waals surface area contributed by atoms with Crippen LogP contribution in [0.25, 0.3) is 0 Å². The molecule has 1 fully saturated rings. The lowest BCUT2D eigenvalue weighted by molar-refractivity contribution is -0.138. The van der Waals surface area contributed by atoms with Gasteiger partial charge in [0.15, 0.2) is 0 Å². The number of alkyl halides is 3. The summed E-state index contributed by atoms with van der Waals surface area (Å²) in [5, 5.41) is 5.08. The zero-order chi connectivity index (χ0) is 20.6. The van der Waals surface area contributed by atoms with Crippen LogP contribution < -0.4 is 10.6 Å². The number of carbonyl (C=O) groups excluding carboxylic acids is 3. The van der Waals surface area contributed by atoms with Crippen molar-refractivity contribution in [3.63, 3.8) is 0 Å². The molecule has 0 unspecified atom stereocenters. The fourth-order valence-corrected chi connectivity index (χ4v) is 2.65. The fraction of sp³-hybridized carbons (Fsp3) is 0.500. The largest absolute Gasteiger partial charge is 0.416 e. The normalized spacial score (nSPS) is 21.4. The third kappa shape index (κ3) is 4.23. The molecule has 0 radical (unpaired) electrons. The third-order valence-electron chi connectivity index (χ3n) is 4.73. The highest BCUT2D eigenvalue weighted by Crippen LogP contribution is 2.34. The Morgan fingerprint density at radius 1 is 1.26 bits per heavy atom. The standard InChI is InChI=1S/C18H22F3N3O3/c1-10(2)11(3)22-14(25)9-24-15(26)17(4,23-16(24)27)12-6-5-7-13(8-12)18(19,20)21/h5-8,10-11H,9H2,1-4H3,(H,22,25)(H,23,27)/t11-,17-/m0/s1. The molecule has 0 aliphatic carbocycles. The van der Waals surface area contributed by atoms with Crippen LogP contribution in [0.1, 0.15) is 38.8 Å². The average molecular weight is 385 g/mol. The molecule has 0 bridgehead atoms. The molecule has 1 aromatic rings. The van der Waals surface area contributed by atoms with E-state index in [9.17, 15) is 27.6 Å². The highest BCUT2D eigenvalue weighted by atomic mass is 19.4. The minimum atomic E-state index is -4.58. The molecule has 6 nitrogen and oxygen atoms in total. The molecule has 2 rings (SSSR count). The van der Waals surface area contributed by atoms with Gasteiger partial charge in [-0.15, -0.1) is 0 Å². The van der Waals surface area contributed by atoms with Crippen molar-refractivity contribution in [2.24, 2.45) is 5.92 Å². The first kappa shape index (κ1) is 20.7. The van der Waals surface area contributed by atoms with E-state index in [1.807, 2.05) is 13.8 Å². The maximum atomic E-state index is 13.0. The molecule has 0 aromatic heterocycles. The van der Waals surface area contributed by atoms with E-state index < -0.39 is 41.7 Å². The highest BCUT2D eigenvalue weighted by Gasteiger charge is 2.50. The summed E-state index contributed by atoms with van der Waals surface area (Å²) in [5.41, 5.74) is -2.61. The van der Waals surface area contributed by atoms with E-state index in [4.69, 9.17) is 0 Å². The number of nitrogens with zero attached hydrogens (tertiary/aromatic N) is 1. The molecule has 27 heavy (non-hydrogen) atoms. The maximum absolute atomic E-state index is 13.0. The summed E-state index contributed by atoms with van der Waals surface area (Å²) in [6, 6.07) is 3.22. The maximum Gasteiger partial charge on any atom is 0.416 e. The summed E-state index contributed by atoms with van der Waals surface area (Å²) in [6.45, 7) is 6.42. The summed E-state index contributed by atoms with van der Waals surface area (Å²) >= 11 is 0. The van der Waals surface area contributed by atoms with Crippen LogP contribution in [0.3, 0.4) is 0 Å². The predicted molar refractivity (Wildman–Crippen MR) is 91.5 cm³/mol. The number of halogens is 3. The minimum Gasteiger partial charge on any atom is -0.352 e. The van der Waals surface area contributed by atoms with Crippen molar-refractivity contribution >= 4 is 17.8 Å². The average Bonchev–Trinajstić information content (AvgIpc) is 2.78. The van der Waals surface area contributed by atoms with E-state index in [-0.39, 0.29) is 17.5 Å². The number of hydrogen-bond donors (Lipinski definition) is 2. The zero-order valence-corrected chi connectivity index (χ0v) is 15.5. The van der Waals surface area contributed by atoms with Gasteiger partial charge < -0.3 is 10.6 Å². The Bertz CT molecular complexity index is 764. The van der Waals surface area contributed by atoms with Crippen LogP contribution >= 0.6 is 0 Å². The zero-order valence-electron chi connectivity index (χ0n) is 15.5. The van der Waals surface area contributed by atoms with E-state index in [0.29, 0.717) is 4.90 Å². The van der Waals surface area contributed by atoms with E-state index in [2.05, 4.69) is 10.6 Å². The number of benzene rings is 1. The second kappa shape index (κ2) is 7.21. The van der Waals surface area contributed by atoms with Gasteiger partial charge in [-0.3, -0.25) is 14.5 Å². The summed E-state index contributed by atoms with van der Waals surface area (Å²) in [5.74, 6) is -1.14. The van der Waals surface area contributed by atoms with E-state index in [1.54, 1.807) is 6.92 Å². The fourth-order valence-electron chi connectivity index (χ4n) is 2.65. The molecule has 2 atom stereocenters. The lowest BCUT2D eigenvalue weighted by atomic mass is 9.90. The lowest BCUT2D eigenvalue weighted by Gasteiger charge is -2.23. The lowest BCUT2D eigenvalue weighted by Crippen LogP contribution is -2.46. The van der Waals surface area contributed by atoms with Crippen LogP contribution in [0.2, 0.25) is 0 Å². The van der Waals surface area contributed by atoms with Gasteiger partial charge >= 0.3 is 12.2 Å². The van der Waals surface area contributed by atoms with Crippen molar-refractivity contribution in [3.05, 3.63) is 35.4 Å². The van der Waals surface area contributed by atoms with Crippen LogP contribution in [0, 0.1) is 5.92 Å². The molecule has 1 aliphatic rings. The Kier molecular flexibility index (Phi) is 5.53. The van der Waals surface area contributed by atoms with Gasteiger partial charge in [-0.1, -0.05) is 26.0 Å². The van der Waals surface area contributed by atoms with Crippen molar-refractivity contribution in [1.29, 1.82) is 0 Å². The molecule has 2 N–H and O–H groups in total. The molecule has 9 heteroatoms. The van der Waals surface area contributed by atoms with Crippen LogP contribution in [0.5, 0.6) is 0 Å². The van der Waals surface area contributed by atoms with E-state index in [1.165, 1.54) is 19.1 Å². The number of amides is 4. The van der Waals surface area contributed by atoms with Gasteiger partial charge in [0.25, 0.3) is 5.91 Å². The first-order chi connectivity index (χ1) is 12.4. The highest BCUT2D eigenvalue weighted by molar-refractivity contribution is 6.09. The Hall–Kier alpha value is -2.58. The molecule has 1 saturated heterocycles. The molecular weight excluding hydrogens is 363 g/mol. The summed E-state index contributed by atoms with van der Waals surface area (Å²) < 4.78 is 38.9. The van der Waals surface area contributed by atoms with Crippen molar-refractivity contribution in [2.75, 3.05) is 6.54 Å². The van der Waals surface area contributed by atoms with Crippen LogP contribution in [0.4, 0.5) is 18.0 Å².